The van der Waals surface area contributed by atoms with Crippen LogP contribution in [0.1, 0.15) is 29.8 Å². The molecule has 0 aliphatic heterocycles. The number of hydrogen-bond acceptors (Lipinski definition) is 6. The predicted octanol–water partition coefficient (Wildman–Crippen LogP) is 3.87. The lowest BCUT2D eigenvalue weighted by Crippen LogP contribution is -2.07. The molecule has 0 amide bonds. The first-order valence-electron chi connectivity index (χ1n) is 8.11. The fourth-order valence-electron chi connectivity index (χ4n) is 2.15. The van der Waals surface area contributed by atoms with Gasteiger partial charge in [-0.2, -0.15) is 8.78 Å². The molecule has 26 heavy (non-hydrogen) atoms. The van der Waals surface area contributed by atoms with Crippen LogP contribution in [0.3, 0.4) is 0 Å². The first-order chi connectivity index (χ1) is 12.5. The first kappa shape index (κ1) is 19.4. The van der Waals surface area contributed by atoms with E-state index < -0.39 is 12.6 Å². The van der Waals surface area contributed by atoms with Crippen molar-refractivity contribution in [2.75, 3.05) is 18.5 Å². The Morgan fingerprint density at radius 1 is 1.15 bits per heavy atom. The van der Waals surface area contributed by atoms with Crippen molar-refractivity contribution in [2.24, 2.45) is 0 Å². The molecule has 0 fully saturated rings. The molecule has 0 aliphatic carbocycles. The molecule has 0 aliphatic rings. The molecular weight excluding hydrogens is 346 g/mol. The summed E-state index contributed by atoms with van der Waals surface area (Å²) in [5.41, 5.74) is 1.16. The Hall–Kier alpha value is -2.90. The van der Waals surface area contributed by atoms with Crippen LogP contribution in [-0.4, -0.2) is 30.8 Å². The standard InChI is InChI=1S/C18H20F2N2O4/c1-3-24-15-9-12(5-7-14(15)26-18(19)20)10-21-16-8-6-13(11-22-16)17(23)25-4-2/h5-9,11,18H,3-4,10H2,1-2H3,(H,21,22). The molecule has 6 nitrogen and oxygen atoms in total. The van der Waals surface area contributed by atoms with Gasteiger partial charge in [0.05, 0.1) is 18.8 Å². The third-order valence-corrected chi connectivity index (χ3v) is 3.27. The van der Waals surface area contributed by atoms with Crippen LogP contribution >= 0.6 is 0 Å². The highest BCUT2D eigenvalue weighted by Crippen LogP contribution is 2.30. The SMILES string of the molecule is CCOC(=O)c1ccc(NCc2ccc(OC(F)F)c(OCC)c2)nc1. The third kappa shape index (κ3) is 5.58. The number of anilines is 1. The summed E-state index contributed by atoms with van der Waals surface area (Å²) in [5, 5.41) is 3.08. The lowest BCUT2D eigenvalue weighted by molar-refractivity contribution is -0.0514. The van der Waals surface area contributed by atoms with E-state index in [0.29, 0.717) is 31.1 Å². The van der Waals surface area contributed by atoms with E-state index in [0.717, 1.165) is 5.56 Å². The van der Waals surface area contributed by atoms with E-state index in [2.05, 4.69) is 15.0 Å². The zero-order chi connectivity index (χ0) is 18.9. The van der Waals surface area contributed by atoms with Crippen molar-refractivity contribution in [1.82, 2.24) is 4.98 Å². The van der Waals surface area contributed by atoms with E-state index in [9.17, 15) is 13.6 Å². The number of nitrogens with zero attached hydrogens (tertiary/aromatic N) is 1. The number of esters is 1. The second kappa shape index (κ2) is 9.55. The normalized spacial score (nSPS) is 10.5. The molecule has 2 aromatic rings. The molecule has 0 unspecified atom stereocenters. The summed E-state index contributed by atoms with van der Waals surface area (Å²) >= 11 is 0. The second-order valence-electron chi connectivity index (χ2n) is 5.10. The molecule has 8 heteroatoms. The molecule has 2 rings (SSSR count). The molecule has 1 aromatic heterocycles. The van der Waals surface area contributed by atoms with Gasteiger partial charge < -0.3 is 19.5 Å². The number of aromatic nitrogens is 1. The van der Waals surface area contributed by atoms with Crippen molar-refractivity contribution in [2.45, 2.75) is 27.0 Å². The summed E-state index contributed by atoms with van der Waals surface area (Å²) in [7, 11) is 0. The Balaban J connectivity index is 2.02. The Bertz CT molecular complexity index is 724. The quantitative estimate of drug-likeness (QED) is 0.680. The van der Waals surface area contributed by atoms with Crippen LogP contribution in [-0.2, 0) is 11.3 Å². The van der Waals surface area contributed by atoms with Crippen LogP contribution in [0.25, 0.3) is 0 Å². The minimum atomic E-state index is -2.92. The Morgan fingerprint density at radius 3 is 2.58 bits per heavy atom. The molecule has 0 saturated heterocycles. The topological polar surface area (TPSA) is 69.7 Å². The lowest BCUT2D eigenvalue weighted by Gasteiger charge is -2.13. The Morgan fingerprint density at radius 2 is 1.96 bits per heavy atom. The van der Waals surface area contributed by atoms with E-state index in [1.165, 1.54) is 12.3 Å². The maximum atomic E-state index is 12.4. The van der Waals surface area contributed by atoms with E-state index in [4.69, 9.17) is 9.47 Å². The average molecular weight is 366 g/mol. The maximum Gasteiger partial charge on any atom is 0.387 e. The van der Waals surface area contributed by atoms with Gasteiger partial charge in [0, 0.05) is 12.7 Å². The van der Waals surface area contributed by atoms with Gasteiger partial charge in [0.15, 0.2) is 11.5 Å². The van der Waals surface area contributed by atoms with Gasteiger partial charge in [-0.15, -0.1) is 0 Å². The van der Waals surface area contributed by atoms with Crippen LogP contribution in [0, 0.1) is 0 Å². The number of carbonyl (C=O) groups excluding carboxylic acids is 1. The molecular formula is C18H20F2N2O4. The second-order valence-corrected chi connectivity index (χ2v) is 5.10. The molecule has 0 spiro atoms. The molecule has 0 bridgehead atoms. The van der Waals surface area contributed by atoms with Gasteiger partial charge in [-0.3, -0.25) is 0 Å². The van der Waals surface area contributed by atoms with E-state index in [1.807, 2.05) is 0 Å². The van der Waals surface area contributed by atoms with Gasteiger partial charge >= 0.3 is 12.6 Å². The Labute approximate surface area is 150 Å². The zero-order valence-corrected chi connectivity index (χ0v) is 14.5. The van der Waals surface area contributed by atoms with Crippen LogP contribution in [0.2, 0.25) is 0 Å². The number of alkyl halides is 2. The monoisotopic (exact) mass is 366 g/mol. The first-order valence-corrected chi connectivity index (χ1v) is 8.11. The third-order valence-electron chi connectivity index (χ3n) is 3.27. The number of nitrogens with one attached hydrogen (secondary N) is 1. The van der Waals surface area contributed by atoms with Crippen molar-refractivity contribution < 1.29 is 27.8 Å². The molecule has 1 aromatic carbocycles. The van der Waals surface area contributed by atoms with Gasteiger partial charge in [0.2, 0.25) is 0 Å². The lowest BCUT2D eigenvalue weighted by atomic mass is 10.2. The van der Waals surface area contributed by atoms with Crippen LogP contribution < -0.4 is 14.8 Å². The summed E-state index contributed by atoms with van der Waals surface area (Å²) in [5.74, 6) is 0.367. The number of halogens is 2. The molecule has 140 valence electrons. The summed E-state index contributed by atoms with van der Waals surface area (Å²) in [6.07, 6.45) is 1.42. The molecule has 0 radical (unpaired) electrons. The summed E-state index contributed by atoms with van der Waals surface area (Å²) in [6.45, 7) is 1.59. The van der Waals surface area contributed by atoms with Crippen LogP contribution in [0.15, 0.2) is 36.5 Å². The molecule has 1 N–H and O–H groups in total. The van der Waals surface area contributed by atoms with Crippen LogP contribution in [0.5, 0.6) is 11.5 Å². The van der Waals surface area contributed by atoms with Gasteiger partial charge in [-0.05, 0) is 43.7 Å². The predicted molar refractivity (Wildman–Crippen MR) is 91.8 cm³/mol. The van der Waals surface area contributed by atoms with Crippen molar-refractivity contribution in [3.63, 3.8) is 0 Å². The largest absolute Gasteiger partial charge is 0.490 e. The summed E-state index contributed by atoms with van der Waals surface area (Å²) in [6, 6.07) is 7.98. The van der Waals surface area contributed by atoms with E-state index >= 15 is 0 Å². The maximum absolute atomic E-state index is 12.4. The highest BCUT2D eigenvalue weighted by Gasteiger charge is 2.12. The zero-order valence-electron chi connectivity index (χ0n) is 14.5. The van der Waals surface area contributed by atoms with Crippen molar-refractivity contribution in [3.8, 4) is 11.5 Å². The number of hydrogen-bond donors (Lipinski definition) is 1. The smallest absolute Gasteiger partial charge is 0.387 e. The Kier molecular flexibility index (Phi) is 7.13. The van der Waals surface area contributed by atoms with Crippen LogP contribution in [0.4, 0.5) is 14.6 Å². The highest BCUT2D eigenvalue weighted by molar-refractivity contribution is 5.89. The van der Waals surface area contributed by atoms with Crippen molar-refractivity contribution >= 4 is 11.8 Å². The van der Waals surface area contributed by atoms with Gasteiger partial charge in [-0.1, -0.05) is 6.07 Å². The molecule has 0 atom stereocenters. The minimum Gasteiger partial charge on any atom is -0.490 e. The van der Waals surface area contributed by atoms with Gasteiger partial charge in [-0.25, -0.2) is 9.78 Å². The van der Waals surface area contributed by atoms with E-state index in [-0.39, 0.29) is 11.5 Å². The fraction of sp³-hybridized carbons (Fsp3) is 0.333. The minimum absolute atomic E-state index is 0.0116. The van der Waals surface area contributed by atoms with E-state index in [1.54, 1.807) is 38.1 Å². The fourth-order valence-corrected chi connectivity index (χ4v) is 2.15. The summed E-state index contributed by atoms with van der Waals surface area (Å²) in [4.78, 5) is 15.7. The number of rotatable bonds is 9. The number of carbonyl (C=O) groups is 1. The highest BCUT2D eigenvalue weighted by atomic mass is 19.3. The van der Waals surface area contributed by atoms with Gasteiger partial charge in [0.25, 0.3) is 0 Å². The van der Waals surface area contributed by atoms with Crippen molar-refractivity contribution in [1.29, 1.82) is 0 Å². The number of pyridine rings is 1. The summed E-state index contributed by atoms with van der Waals surface area (Å²) < 4.78 is 39.5. The molecule has 1 heterocycles. The average Bonchev–Trinajstić information content (AvgIpc) is 2.62. The molecule has 0 saturated carbocycles. The van der Waals surface area contributed by atoms with Crippen molar-refractivity contribution in [3.05, 3.63) is 47.7 Å². The number of ether oxygens (including phenoxy) is 3. The number of benzene rings is 1. The van der Waals surface area contributed by atoms with Gasteiger partial charge in [0.1, 0.15) is 5.82 Å².